The number of carbonyl (C=O) groups excluding carboxylic acids is 1. The van der Waals surface area contributed by atoms with Crippen molar-refractivity contribution in [2.24, 2.45) is 0 Å². The topological polar surface area (TPSA) is 73.6 Å². The molecular formula is C15H22N2O3. The molecule has 1 aromatic carbocycles. The lowest BCUT2D eigenvalue weighted by Crippen LogP contribution is -2.48. The highest BCUT2D eigenvalue weighted by Crippen LogP contribution is 2.23. The number of ether oxygens (including phenoxy) is 2. The smallest absolute Gasteiger partial charge is 0.223 e. The number of nitrogens with one attached hydrogen (secondary N) is 1. The van der Waals surface area contributed by atoms with Gasteiger partial charge in [-0.2, -0.15) is 0 Å². The second kappa shape index (κ2) is 7.14. The van der Waals surface area contributed by atoms with Crippen LogP contribution >= 0.6 is 0 Å². The number of para-hydroxylation sites is 2. The predicted molar refractivity (Wildman–Crippen MR) is 77.5 cm³/mol. The van der Waals surface area contributed by atoms with Crippen LogP contribution in [0.2, 0.25) is 0 Å². The van der Waals surface area contributed by atoms with Crippen molar-refractivity contribution >= 4 is 11.6 Å². The first-order valence-corrected chi connectivity index (χ1v) is 7.07. The molecule has 2 rings (SSSR count). The van der Waals surface area contributed by atoms with Crippen LogP contribution in [0.3, 0.4) is 0 Å². The first-order valence-electron chi connectivity index (χ1n) is 7.07. The van der Waals surface area contributed by atoms with Gasteiger partial charge in [-0.3, -0.25) is 4.79 Å². The maximum absolute atomic E-state index is 11.7. The number of amides is 1. The van der Waals surface area contributed by atoms with E-state index in [1.807, 2.05) is 19.1 Å². The summed E-state index contributed by atoms with van der Waals surface area (Å²) in [7, 11) is 0. The summed E-state index contributed by atoms with van der Waals surface area (Å²) in [5.74, 6) is 0.639. The van der Waals surface area contributed by atoms with Crippen molar-refractivity contribution < 1.29 is 14.3 Å². The van der Waals surface area contributed by atoms with Crippen molar-refractivity contribution in [3.05, 3.63) is 24.3 Å². The fourth-order valence-corrected chi connectivity index (χ4v) is 2.22. The van der Waals surface area contributed by atoms with Crippen LogP contribution < -0.4 is 15.8 Å². The van der Waals surface area contributed by atoms with Crippen LogP contribution in [0.25, 0.3) is 0 Å². The fourth-order valence-electron chi connectivity index (χ4n) is 2.22. The van der Waals surface area contributed by atoms with Crippen molar-refractivity contribution in [2.45, 2.75) is 38.3 Å². The molecule has 1 saturated carbocycles. The van der Waals surface area contributed by atoms with E-state index in [0.29, 0.717) is 30.6 Å². The lowest BCUT2D eigenvalue weighted by molar-refractivity contribution is -0.124. The molecule has 3 N–H and O–H groups in total. The molecule has 1 aromatic rings. The Hall–Kier alpha value is -1.75. The van der Waals surface area contributed by atoms with Gasteiger partial charge in [-0.1, -0.05) is 12.1 Å². The summed E-state index contributed by atoms with van der Waals surface area (Å²) in [6.45, 7) is 3.05. The molecule has 110 valence electrons. The molecule has 0 aromatic heterocycles. The molecule has 20 heavy (non-hydrogen) atoms. The molecule has 0 atom stereocenters. The maximum Gasteiger partial charge on any atom is 0.223 e. The zero-order valence-corrected chi connectivity index (χ0v) is 11.8. The van der Waals surface area contributed by atoms with Gasteiger partial charge in [0.25, 0.3) is 0 Å². The number of benzene rings is 1. The molecule has 5 heteroatoms. The van der Waals surface area contributed by atoms with Crippen LogP contribution in [0.15, 0.2) is 24.3 Å². The zero-order chi connectivity index (χ0) is 14.4. The standard InChI is InChI=1S/C15H22N2O3/c1-2-19-12-9-11(10-12)17-15(18)7-8-20-14-6-4-3-5-13(14)16/h3-6,11-12H,2,7-10,16H2,1H3,(H,17,18). The number of rotatable bonds is 7. The van der Waals surface area contributed by atoms with Crippen LogP contribution in [0.4, 0.5) is 5.69 Å². The SMILES string of the molecule is CCOC1CC(NC(=O)CCOc2ccccc2N)C1. The highest BCUT2D eigenvalue weighted by molar-refractivity contribution is 5.76. The van der Waals surface area contributed by atoms with Gasteiger partial charge in [0.1, 0.15) is 5.75 Å². The Balaban J connectivity index is 1.61. The summed E-state index contributed by atoms with van der Waals surface area (Å²) in [6, 6.07) is 7.53. The summed E-state index contributed by atoms with van der Waals surface area (Å²) >= 11 is 0. The molecular weight excluding hydrogens is 256 g/mol. The monoisotopic (exact) mass is 278 g/mol. The van der Waals surface area contributed by atoms with E-state index in [-0.39, 0.29) is 11.9 Å². The van der Waals surface area contributed by atoms with Crippen LogP contribution in [-0.4, -0.2) is 31.3 Å². The first kappa shape index (κ1) is 14.7. The summed E-state index contributed by atoms with van der Waals surface area (Å²) in [4.78, 5) is 11.7. The van der Waals surface area contributed by atoms with E-state index in [9.17, 15) is 4.79 Å². The quantitative estimate of drug-likeness (QED) is 0.745. The first-order chi connectivity index (χ1) is 9.69. The van der Waals surface area contributed by atoms with Gasteiger partial charge < -0.3 is 20.5 Å². The molecule has 0 heterocycles. The Kier molecular flexibility index (Phi) is 5.24. The number of carbonyl (C=O) groups is 1. The van der Waals surface area contributed by atoms with Gasteiger partial charge in [0.2, 0.25) is 5.91 Å². The third kappa shape index (κ3) is 4.13. The molecule has 0 radical (unpaired) electrons. The van der Waals surface area contributed by atoms with Gasteiger partial charge >= 0.3 is 0 Å². The Labute approximate surface area is 119 Å². The minimum Gasteiger partial charge on any atom is -0.491 e. The van der Waals surface area contributed by atoms with Crippen molar-refractivity contribution in [2.75, 3.05) is 18.9 Å². The van der Waals surface area contributed by atoms with Crippen LogP contribution in [0.5, 0.6) is 5.75 Å². The maximum atomic E-state index is 11.7. The molecule has 0 bridgehead atoms. The van der Waals surface area contributed by atoms with Crippen molar-refractivity contribution in [3.8, 4) is 5.75 Å². The lowest BCUT2D eigenvalue weighted by atomic mass is 9.89. The number of hydrogen-bond acceptors (Lipinski definition) is 4. The van der Waals surface area contributed by atoms with E-state index in [0.717, 1.165) is 19.4 Å². The molecule has 0 aliphatic heterocycles. The molecule has 1 amide bonds. The van der Waals surface area contributed by atoms with Gasteiger partial charge in [-0.15, -0.1) is 0 Å². The predicted octanol–water partition coefficient (Wildman–Crippen LogP) is 1.72. The van der Waals surface area contributed by atoms with Gasteiger partial charge in [-0.25, -0.2) is 0 Å². The number of nitrogens with two attached hydrogens (primary N) is 1. The highest BCUT2D eigenvalue weighted by Gasteiger charge is 2.30. The zero-order valence-electron chi connectivity index (χ0n) is 11.8. The Bertz CT molecular complexity index is 444. The normalized spacial score (nSPS) is 21.1. The molecule has 5 nitrogen and oxygen atoms in total. The number of hydrogen-bond donors (Lipinski definition) is 2. The molecule has 1 aliphatic rings. The van der Waals surface area contributed by atoms with Gasteiger partial charge in [0.05, 0.1) is 24.8 Å². The number of nitrogen functional groups attached to an aromatic ring is 1. The van der Waals surface area contributed by atoms with Gasteiger partial charge in [0, 0.05) is 12.6 Å². The number of anilines is 1. The lowest BCUT2D eigenvalue weighted by Gasteiger charge is -2.35. The van der Waals surface area contributed by atoms with E-state index in [1.54, 1.807) is 12.1 Å². The highest BCUT2D eigenvalue weighted by atomic mass is 16.5. The summed E-state index contributed by atoms with van der Waals surface area (Å²) < 4.78 is 10.9. The van der Waals surface area contributed by atoms with E-state index in [4.69, 9.17) is 15.2 Å². The molecule has 1 aliphatic carbocycles. The summed E-state index contributed by atoms with van der Waals surface area (Å²) in [5.41, 5.74) is 6.34. The average molecular weight is 278 g/mol. The minimum absolute atomic E-state index is 0.0134. The molecule has 0 spiro atoms. The van der Waals surface area contributed by atoms with E-state index in [2.05, 4.69) is 5.32 Å². The third-order valence-electron chi connectivity index (χ3n) is 3.37. The van der Waals surface area contributed by atoms with Gasteiger partial charge in [-0.05, 0) is 31.9 Å². The second-order valence-corrected chi connectivity index (χ2v) is 4.95. The van der Waals surface area contributed by atoms with Crippen molar-refractivity contribution in [3.63, 3.8) is 0 Å². The van der Waals surface area contributed by atoms with E-state index in [1.165, 1.54) is 0 Å². The summed E-state index contributed by atoms with van der Waals surface area (Å²) in [6.07, 6.45) is 2.47. The summed E-state index contributed by atoms with van der Waals surface area (Å²) in [5, 5.41) is 2.98. The Morgan fingerprint density at radius 3 is 2.85 bits per heavy atom. The average Bonchev–Trinajstić information content (AvgIpc) is 2.39. The fraction of sp³-hybridized carbons (Fsp3) is 0.533. The van der Waals surface area contributed by atoms with Crippen LogP contribution in [-0.2, 0) is 9.53 Å². The van der Waals surface area contributed by atoms with Crippen LogP contribution in [0.1, 0.15) is 26.2 Å². The Morgan fingerprint density at radius 2 is 2.15 bits per heavy atom. The third-order valence-corrected chi connectivity index (χ3v) is 3.37. The van der Waals surface area contributed by atoms with Crippen LogP contribution in [0, 0.1) is 0 Å². The molecule has 0 unspecified atom stereocenters. The largest absolute Gasteiger partial charge is 0.491 e. The van der Waals surface area contributed by atoms with Crippen molar-refractivity contribution in [1.82, 2.24) is 5.32 Å². The van der Waals surface area contributed by atoms with E-state index >= 15 is 0 Å². The van der Waals surface area contributed by atoms with Gasteiger partial charge in [0.15, 0.2) is 0 Å². The van der Waals surface area contributed by atoms with E-state index < -0.39 is 0 Å². The second-order valence-electron chi connectivity index (χ2n) is 4.95. The minimum atomic E-state index is 0.0134. The molecule has 0 saturated heterocycles. The molecule has 1 fully saturated rings. The Morgan fingerprint density at radius 1 is 1.40 bits per heavy atom. The van der Waals surface area contributed by atoms with Crippen molar-refractivity contribution in [1.29, 1.82) is 0 Å².